The third-order valence-electron chi connectivity index (χ3n) is 2.61. The molecule has 1 amide bonds. The largest absolute Gasteiger partial charge is 0.477 e. The van der Waals surface area contributed by atoms with E-state index in [1.165, 1.54) is 18.3 Å². The number of carboxylic acids is 1. The monoisotopic (exact) mass is 250 g/mol. The maximum absolute atomic E-state index is 11.8. The summed E-state index contributed by atoms with van der Waals surface area (Å²) in [5, 5.41) is 11.5. The summed E-state index contributed by atoms with van der Waals surface area (Å²) >= 11 is 0. The molecule has 2 N–H and O–H groups in total. The summed E-state index contributed by atoms with van der Waals surface area (Å²) < 4.78 is 0. The Bertz CT molecular complexity index is 415. The molecule has 0 aromatic carbocycles. The van der Waals surface area contributed by atoms with Gasteiger partial charge >= 0.3 is 5.97 Å². The van der Waals surface area contributed by atoms with Gasteiger partial charge in [-0.1, -0.05) is 19.8 Å². The molecular formula is C13H18N2O3. The van der Waals surface area contributed by atoms with Gasteiger partial charge in [-0.15, -0.1) is 0 Å². The van der Waals surface area contributed by atoms with E-state index in [0.29, 0.717) is 5.56 Å². The molecule has 0 radical (unpaired) electrons. The number of aromatic carboxylic acids is 1. The smallest absolute Gasteiger partial charge is 0.354 e. The normalized spacial score (nSPS) is 11.9. The lowest BCUT2D eigenvalue weighted by Crippen LogP contribution is -2.32. The van der Waals surface area contributed by atoms with Crippen molar-refractivity contribution < 1.29 is 14.7 Å². The van der Waals surface area contributed by atoms with Crippen molar-refractivity contribution in [3.8, 4) is 0 Å². The van der Waals surface area contributed by atoms with E-state index < -0.39 is 5.97 Å². The van der Waals surface area contributed by atoms with Gasteiger partial charge in [0, 0.05) is 12.2 Å². The number of nitrogens with one attached hydrogen (secondary N) is 1. The van der Waals surface area contributed by atoms with Gasteiger partial charge in [-0.2, -0.15) is 0 Å². The summed E-state index contributed by atoms with van der Waals surface area (Å²) in [6.45, 7) is 4.05. The molecule has 0 saturated carbocycles. The lowest BCUT2D eigenvalue weighted by molar-refractivity contribution is 0.0689. The second kappa shape index (κ2) is 6.74. The fourth-order valence-electron chi connectivity index (χ4n) is 1.54. The van der Waals surface area contributed by atoms with Gasteiger partial charge in [-0.25, -0.2) is 9.78 Å². The van der Waals surface area contributed by atoms with Crippen molar-refractivity contribution >= 4 is 11.9 Å². The zero-order valence-corrected chi connectivity index (χ0v) is 10.6. The molecule has 18 heavy (non-hydrogen) atoms. The van der Waals surface area contributed by atoms with Crippen LogP contribution in [0, 0.1) is 0 Å². The van der Waals surface area contributed by atoms with Crippen molar-refractivity contribution in [1.82, 2.24) is 10.3 Å². The number of carboxylic acid groups (broad SMARTS) is 1. The molecule has 0 aliphatic heterocycles. The topological polar surface area (TPSA) is 79.3 Å². The number of hydrogen-bond donors (Lipinski definition) is 2. The Hall–Kier alpha value is -1.91. The van der Waals surface area contributed by atoms with Crippen molar-refractivity contribution in [2.45, 2.75) is 39.2 Å². The zero-order chi connectivity index (χ0) is 13.5. The summed E-state index contributed by atoms with van der Waals surface area (Å²) in [6.07, 6.45) is 4.38. The molecule has 0 aliphatic carbocycles. The van der Waals surface area contributed by atoms with Crippen LogP contribution in [0.5, 0.6) is 0 Å². The van der Waals surface area contributed by atoms with Crippen LogP contribution in [-0.2, 0) is 0 Å². The molecule has 1 aromatic rings. The molecule has 0 saturated heterocycles. The molecule has 1 heterocycles. The van der Waals surface area contributed by atoms with Gasteiger partial charge in [0.2, 0.25) is 0 Å². The number of nitrogens with zero attached hydrogens (tertiary/aromatic N) is 1. The highest BCUT2D eigenvalue weighted by atomic mass is 16.4. The Morgan fingerprint density at radius 2 is 2.17 bits per heavy atom. The van der Waals surface area contributed by atoms with Crippen LogP contribution >= 0.6 is 0 Å². The average Bonchev–Trinajstić information content (AvgIpc) is 2.36. The van der Waals surface area contributed by atoms with E-state index in [4.69, 9.17) is 5.11 Å². The van der Waals surface area contributed by atoms with Crippen molar-refractivity contribution in [1.29, 1.82) is 0 Å². The van der Waals surface area contributed by atoms with E-state index in [1.54, 1.807) is 0 Å². The highest BCUT2D eigenvalue weighted by molar-refractivity contribution is 5.95. The molecular weight excluding hydrogens is 232 g/mol. The third kappa shape index (κ3) is 4.16. The van der Waals surface area contributed by atoms with Gasteiger partial charge in [0.1, 0.15) is 5.69 Å². The first-order valence-corrected chi connectivity index (χ1v) is 6.04. The van der Waals surface area contributed by atoms with Crippen molar-refractivity contribution in [3.05, 3.63) is 29.6 Å². The molecule has 1 rings (SSSR count). The number of rotatable bonds is 6. The number of carbonyl (C=O) groups excluding carboxylic acids is 1. The van der Waals surface area contributed by atoms with Crippen LogP contribution in [0.3, 0.4) is 0 Å². The molecule has 0 aliphatic rings. The summed E-state index contributed by atoms with van der Waals surface area (Å²) in [7, 11) is 0. The molecule has 0 spiro atoms. The van der Waals surface area contributed by atoms with Gasteiger partial charge in [-0.3, -0.25) is 4.79 Å². The second-order valence-electron chi connectivity index (χ2n) is 4.25. The Kier molecular flexibility index (Phi) is 5.30. The molecule has 1 atom stereocenters. The fourth-order valence-corrected chi connectivity index (χ4v) is 1.54. The standard InChI is InChI=1S/C13H18N2O3/c1-3-4-5-9(2)15-12(16)10-6-7-11(13(17)18)14-8-10/h6-9H,3-5H2,1-2H3,(H,15,16)(H,17,18). The first-order valence-electron chi connectivity index (χ1n) is 6.04. The minimum atomic E-state index is -1.10. The Balaban J connectivity index is 2.58. The van der Waals surface area contributed by atoms with E-state index in [2.05, 4.69) is 17.2 Å². The summed E-state index contributed by atoms with van der Waals surface area (Å²) in [4.78, 5) is 26.1. The van der Waals surface area contributed by atoms with Crippen LogP contribution in [0.4, 0.5) is 0 Å². The minimum absolute atomic E-state index is 0.0643. The van der Waals surface area contributed by atoms with E-state index in [9.17, 15) is 9.59 Å². The SMILES string of the molecule is CCCCC(C)NC(=O)c1ccc(C(=O)O)nc1. The predicted molar refractivity (Wildman–Crippen MR) is 67.6 cm³/mol. The minimum Gasteiger partial charge on any atom is -0.477 e. The molecule has 1 unspecified atom stereocenters. The quantitative estimate of drug-likeness (QED) is 0.810. The third-order valence-corrected chi connectivity index (χ3v) is 2.61. The van der Waals surface area contributed by atoms with Gasteiger partial charge < -0.3 is 10.4 Å². The number of unbranched alkanes of at least 4 members (excludes halogenated alkanes) is 1. The van der Waals surface area contributed by atoms with E-state index >= 15 is 0 Å². The molecule has 1 aromatic heterocycles. The van der Waals surface area contributed by atoms with Crippen LogP contribution in [-0.4, -0.2) is 28.0 Å². The van der Waals surface area contributed by atoms with E-state index in [-0.39, 0.29) is 17.6 Å². The lowest BCUT2D eigenvalue weighted by Gasteiger charge is -2.13. The van der Waals surface area contributed by atoms with E-state index in [1.807, 2.05) is 6.92 Å². The molecule has 0 fully saturated rings. The summed E-state index contributed by atoms with van der Waals surface area (Å²) in [5.41, 5.74) is 0.314. The second-order valence-corrected chi connectivity index (χ2v) is 4.25. The highest BCUT2D eigenvalue weighted by Crippen LogP contribution is 2.04. The van der Waals surface area contributed by atoms with Gasteiger partial charge in [0.25, 0.3) is 5.91 Å². The molecule has 5 nitrogen and oxygen atoms in total. The first kappa shape index (κ1) is 14.2. The first-order chi connectivity index (χ1) is 8.54. The average molecular weight is 250 g/mol. The predicted octanol–water partition coefficient (Wildman–Crippen LogP) is 2.09. The van der Waals surface area contributed by atoms with Crippen molar-refractivity contribution in [2.24, 2.45) is 0 Å². The maximum Gasteiger partial charge on any atom is 0.354 e. The molecule has 0 bridgehead atoms. The van der Waals surface area contributed by atoms with E-state index in [0.717, 1.165) is 19.3 Å². The number of pyridine rings is 1. The van der Waals surface area contributed by atoms with Crippen LogP contribution in [0.25, 0.3) is 0 Å². The Labute approximate surface area is 106 Å². The summed E-state index contributed by atoms with van der Waals surface area (Å²) in [5.74, 6) is -1.32. The molecule has 98 valence electrons. The van der Waals surface area contributed by atoms with Gasteiger partial charge in [-0.05, 0) is 25.5 Å². The number of hydrogen-bond acceptors (Lipinski definition) is 3. The summed E-state index contributed by atoms with van der Waals surface area (Å²) in [6, 6.07) is 2.91. The molecule has 5 heteroatoms. The van der Waals surface area contributed by atoms with Crippen LogP contribution < -0.4 is 5.32 Å². The van der Waals surface area contributed by atoms with Gasteiger partial charge in [0.05, 0.1) is 5.56 Å². The highest BCUT2D eigenvalue weighted by Gasteiger charge is 2.11. The van der Waals surface area contributed by atoms with Crippen LogP contribution in [0.2, 0.25) is 0 Å². The maximum atomic E-state index is 11.8. The fraction of sp³-hybridized carbons (Fsp3) is 0.462. The number of aromatic nitrogens is 1. The zero-order valence-electron chi connectivity index (χ0n) is 10.6. The van der Waals surface area contributed by atoms with Crippen LogP contribution in [0.15, 0.2) is 18.3 Å². The van der Waals surface area contributed by atoms with Crippen molar-refractivity contribution in [2.75, 3.05) is 0 Å². The number of amides is 1. The lowest BCUT2D eigenvalue weighted by atomic mass is 10.1. The van der Waals surface area contributed by atoms with Crippen LogP contribution in [0.1, 0.15) is 54.0 Å². The van der Waals surface area contributed by atoms with Crippen molar-refractivity contribution in [3.63, 3.8) is 0 Å². The Morgan fingerprint density at radius 3 is 2.67 bits per heavy atom. The number of carbonyl (C=O) groups is 2. The van der Waals surface area contributed by atoms with Gasteiger partial charge in [0.15, 0.2) is 0 Å². The Morgan fingerprint density at radius 1 is 1.44 bits per heavy atom.